The molecule has 0 aliphatic rings. The van der Waals surface area contributed by atoms with Crippen molar-refractivity contribution in [1.29, 1.82) is 0 Å². The number of nitrogens with zero attached hydrogens (tertiary/aromatic N) is 2. The predicted molar refractivity (Wildman–Crippen MR) is 105 cm³/mol. The molecule has 1 atom stereocenters. The van der Waals surface area contributed by atoms with Gasteiger partial charge in [-0.15, -0.1) is 11.3 Å². The van der Waals surface area contributed by atoms with Gasteiger partial charge in [0.05, 0.1) is 18.2 Å². The zero-order valence-electron chi connectivity index (χ0n) is 15.5. The molecule has 1 aromatic carbocycles. The van der Waals surface area contributed by atoms with Crippen LogP contribution in [0.4, 0.5) is 0 Å². The van der Waals surface area contributed by atoms with E-state index in [0.29, 0.717) is 6.42 Å². The van der Waals surface area contributed by atoms with Gasteiger partial charge in [-0.2, -0.15) is 0 Å². The highest BCUT2D eigenvalue weighted by molar-refractivity contribution is 7.17. The molecule has 136 valence electrons. The highest BCUT2D eigenvalue weighted by Crippen LogP contribution is 2.20. The number of hydrogen-bond donors (Lipinski definition) is 2. The molecule has 2 N–H and O–H groups in total. The molecule has 0 radical (unpaired) electrons. The van der Waals surface area contributed by atoms with E-state index in [1.165, 1.54) is 21.9 Å². The van der Waals surface area contributed by atoms with E-state index < -0.39 is 5.60 Å². The Morgan fingerprint density at radius 2 is 1.96 bits per heavy atom. The van der Waals surface area contributed by atoms with Gasteiger partial charge in [-0.05, 0) is 36.2 Å². The second-order valence-electron chi connectivity index (χ2n) is 5.96. The number of fused-ring (bicyclic) bond motifs is 1. The summed E-state index contributed by atoms with van der Waals surface area (Å²) in [5.41, 5.74) is 0.0197. The molecular weight excluding hydrogens is 334 g/mol. The van der Waals surface area contributed by atoms with E-state index in [1.807, 2.05) is 6.92 Å². The first-order chi connectivity index (χ1) is 11.8. The average Bonchev–Trinajstić information content (AvgIpc) is 3.27. The summed E-state index contributed by atoms with van der Waals surface area (Å²) in [7, 11) is 3.45. The van der Waals surface area contributed by atoms with Gasteiger partial charge in [0, 0.05) is 25.7 Å². The molecule has 2 heterocycles. The minimum atomic E-state index is -0.753. The van der Waals surface area contributed by atoms with Crippen LogP contribution in [0, 0.1) is 0 Å². The van der Waals surface area contributed by atoms with Gasteiger partial charge in [-0.25, -0.2) is 4.98 Å². The number of rotatable bonds is 2. The predicted octanol–water partition coefficient (Wildman–Crippen LogP) is 4.02. The van der Waals surface area contributed by atoms with Gasteiger partial charge in [0.1, 0.15) is 5.60 Å². The van der Waals surface area contributed by atoms with Crippen LogP contribution in [0.2, 0.25) is 0 Å². The molecule has 0 aliphatic heterocycles. The van der Waals surface area contributed by atoms with Crippen molar-refractivity contribution >= 4 is 27.3 Å². The van der Waals surface area contributed by atoms with E-state index in [0.717, 1.165) is 5.69 Å². The Bertz CT molecular complexity index is 719. The lowest BCUT2D eigenvalue weighted by Gasteiger charge is -2.18. The quantitative estimate of drug-likeness (QED) is 0.724. The molecule has 0 spiro atoms. The number of H-pyrrole nitrogens is 1. The number of nitrogens with one attached hydrogen (secondary N) is 1. The topological polar surface area (TPSA) is 69.2 Å². The van der Waals surface area contributed by atoms with Gasteiger partial charge in [0.15, 0.2) is 0 Å². The number of aliphatic hydroxyl groups is 1. The van der Waals surface area contributed by atoms with Crippen LogP contribution in [0.25, 0.3) is 10.1 Å². The highest BCUT2D eigenvalue weighted by Gasteiger charge is 2.21. The Balaban J connectivity index is 0.000000194. The minimum absolute atomic E-state index is 0.0926. The summed E-state index contributed by atoms with van der Waals surface area (Å²) in [6.45, 7) is 5.22. The first-order valence-corrected chi connectivity index (χ1v) is 8.97. The van der Waals surface area contributed by atoms with Crippen LogP contribution in [0.1, 0.15) is 32.9 Å². The lowest BCUT2D eigenvalue weighted by atomic mass is 10.0. The zero-order valence-corrected chi connectivity index (χ0v) is 16.3. The van der Waals surface area contributed by atoms with Crippen molar-refractivity contribution in [2.45, 2.75) is 32.8 Å². The molecule has 0 saturated heterocycles. The van der Waals surface area contributed by atoms with Crippen molar-refractivity contribution in [3.05, 3.63) is 53.9 Å². The fraction of sp³-hybridized carbons (Fsp3) is 0.368. The van der Waals surface area contributed by atoms with Gasteiger partial charge in [0.2, 0.25) is 5.91 Å². The third-order valence-corrected chi connectivity index (χ3v) is 4.66. The number of imidazole rings is 1. The van der Waals surface area contributed by atoms with Crippen LogP contribution in [0.15, 0.2) is 48.2 Å². The van der Waals surface area contributed by atoms with Crippen LogP contribution in [-0.4, -0.2) is 40.0 Å². The van der Waals surface area contributed by atoms with Crippen molar-refractivity contribution in [3.63, 3.8) is 0 Å². The monoisotopic (exact) mass is 361 g/mol. The Kier molecular flexibility index (Phi) is 8.31. The molecule has 3 rings (SSSR count). The van der Waals surface area contributed by atoms with Gasteiger partial charge in [0.25, 0.3) is 0 Å². The molecule has 5 nitrogen and oxygen atoms in total. The molecule has 0 bridgehead atoms. The van der Waals surface area contributed by atoms with Gasteiger partial charge < -0.3 is 15.0 Å². The number of aromatic nitrogens is 2. The summed E-state index contributed by atoms with van der Waals surface area (Å²) in [6, 6.07) is 10.5. The second-order valence-corrected chi connectivity index (χ2v) is 6.91. The summed E-state index contributed by atoms with van der Waals surface area (Å²) in [5.74, 6) is 0.0926. The summed E-state index contributed by atoms with van der Waals surface area (Å²) >= 11 is 1.79. The Morgan fingerprint density at radius 1 is 1.32 bits per heavy atom. The van der Waals surface area contributed by atoms with Crippen LogP contribution < -0.4 is 0 Å². The lowest BCUT2D eigenvalue weighted by molar-refractivity contribution is -0.126. The molecule has 3 aromatic rings. The van der Waals surface area contributed by atoms with Gasteiger partial charge in [-0.1, -0.05) is 25.1 Å². The molecule has 6 heteroatoms. The van der Waals surface area contributed by atoms with Gasteiger partial charge >= 0.3 is 0 Å². The molecule has 1 amide bonds. The molecule has 1 unspecified atom stereocenters. The summed E-state index contributed by atoms with van der Waals surface area (Å²) in [6.07, 6.45) is 3.90. The molecule has 0 fully saturated rings. The van der Waals surface area contributed by atoms with E-state index in [4.69, 9.17) is 0 Å². The van der Waals surface area contributed by atoms with E-state index in [1.54, 1.807) is 44.9 Å². The maximum atomic E-state index is 10.1. The van der Waals surface area contributed by atoms with E-state index >= 15 is 0 Å². The third kappa shape index (κ3) is 7.07. The van der Waals surface area contributed by atoms with Crippen LogP contribution >= 0.6 is 11.3 Å². The highest BCUT2D eigenvalue weighted by atomic mass is 32.1. The number of aromatic amines is 1. The van der Waals surface area contributed by atoms with Crippen LogP contribution in [0.3, 0.4) is 0 Å². The number of benzene rings is 1. The van der Waals surface area contributed by atoms with Crippen LogP contribution in [0.5, 0.6) is 0 Å². The van der Waals surface area contributed by atoms with E-state index in [9.17, 15) is 9.90 Å². The largest absolute Gasteiger partial charge is 0.384 e. The summed E-state index contributed by atoms with van der Waals surface area (Å²) in [5, 5.41) is 13.1. The number of thiophene rings is 1. The smallest absolute Gasteiger partial charge is 0.218 e. The van der Waals surface area contributed by atoms with Crippen molar-refractivity contribution < 1.29 is 9.90 Å². The first-order valence-electron chi connectivity index (χ1n) is 8.09. The summed E-state index contributed by atoms with van der Waals surface area (Å²) < 4.78 is 1.37. The standard InChI is InChI=1S/C8H6S.C7H12N2O.C4H9NO/c1-2-4-8-7(3-1)5-6-9-8;1-3-7(2,10)6-4-8-5-9-6;1-4(6)5(2)3/h1-6H;4-5,10H,3H2,1-2H3,(H,8,9);1-3H3. The maximum Gasteiger partial charge on any atom is 0.218 e. The lowest BCUT2D eigenvalue weighted by Crippen LogP contribution is -2.19. The number of carbonyl (C=O) groups is 1. The normalized spacial score (nSPS) is 12.2. The zero-order chi connectivity index (χ0) is 18.9. The fourth-order valence-electron chi connectivity index (χ4n) is 1.65. The van der Waals surface area contributed by atoms with Crippen molar-refractivity contribution in [2.75, 3.05) is 14.1 Å². The molecule has 0 saturated carbocycles. The number of amides is 1. The number of carbonyl (C=O) groups excluding carboxylic acids is 1. The molecule has 2 aromatic heterocycles. The third-order valence-electron chi connectivity index (χ3n) is 3.76. The van der Waals surface area contributed by atoms with E-state index in [-0.39, 0.29) is 5.91 Å². The minimum Gasteiger partial charge on any atom is -0.384 e. The molecule has 25 heavy (non-hydrogen) atoms. The molecule has 0 aliphatic carbocycles. The van der Waals surface area contributed by atoms with Crippen LogP contribution in [-0.2, 0) is 10.4 Å². The first kappa shape index (κ1) is 20.9. The second kappa shape index (κ2) is 9.96. The maximum absolute atomic E-state index is 10.1. The Labute approximate surface area is 153 Å². The van der Waals surface area contributed by atoms with Crippen molar-refractivity contribution in [3.8, 4) is 0 Å². The Hall–Kier alpha value is -2.18. The number of hydrogen-bond acceptors (Lipinski definition) is 4. The van der Waals surface area contributed by atoms with E-state index in [2.05, 4.69) is 45.7 Å². The average molecular weight is 362 g/mol. The molecular formula is C19H27N3O2S. The van der Waals surface area contributed by atoms with Crippen molar-refractivity contribution in [1.82, 2.24) is 14.9 Å². The summed E-state index contributed by atoms with van der Waals surface area (Å²) in [4.78, 5) is 18.3. The van der Waals surface area contributed by atoms with Crippen molar-refractivity contribution in [2.24, 2.45) is 0 Å². The fourth-order valence-corrected chi connectivity index (χ4v) is 2.44. The Morgan fingerprint density at radius 3 is 2.44 bits per heavy atom. The SMILES string of the molecule is CC(=O)N(C)C.CCC(C)(O)c1cnc[nH]1.c1ccc2sccc2c1. The van der Waals surface area contributed by atoms with Gasteiger partial charge in [-0.3, -0.25) is 4.79 Å².